The quantitative estimate of drug-likeness (QED) is 0.332. The van der Waals surface area contributed by atoms with Crippen molar-refractivity contribution < 1.29 is 39.1 Å². The van der Waals surface area contributed by atoms with E-state index in [9.17, 15) is 24.9 Å². The molecule has 0 saturated heterocycles. The number of rotatable bonds is 10. The molecule has 1 aliphatic heterocycles. The molecule has 9 nitrogen and oxygen atoms in total. The number of carbonyl (C=O) groups is 2. The third-order valence-corrected chi connectivity index (χ3v) is 5.50. The molecule has 0 aromatic heterocycles. The molecule has 0 spiro atoms. The van der Waals surface area contributed by atoms with Gasteiger partial charge in [-0.2, -0.15) is 0 Å². The summed E-state index contributed by atoms with van der Waals surface area (Å²) in [4.78, 5) is 22.8. The fourth-order valence-corrected chi connectivity index (χ4v) is 3.77. The van der Waals surface area contributed by atoms with E-state index in [4.69, 9.17) is 14.2 Å². The zero-order valence-electron chi connectivity index (χ0n) is 18.4. The number of carboxylic acid groups (broad SMARTS) is 2. The lowest BCUT2D eigenvalue weighted by Crippen LogP contribution is -2.54. The van der Waals surface area contributed by atoms with Gasteiger partial charge in [0, 0.05) is 18.0 Å². The largest absolute Gasteiger partial charge is 0.490 e. The molecule has 9 heteroatoms. The summed E-state index contributed by atoms with van der Waals surface area (Å²) in [5, 5.41) is 34.1. The molecule has 2 unspecified atom stereocenters. The predicted molar refractivity (Wildman–Crippen MR) is 122 cm³/mol. The first kappa shape index (κ1) is 23.3. The van der Waals surface area contributed by atoms with Crippen molar-refractivity contribution in [2.24, 2.45) is 0 Å². The Kier molecular flexibility index (Phi) is 6.58. The summed E-state index contributed by atoms with van der Waals surface area (Å²) < 4.78 is 16.0. The van der Waals surface area contributed by atoms with Gasteiger partial charge in [0.15, 0.2) is 11.5 Å². The zero-order valence-corrected chi connectivity index (χ0v) is 18.4. The van der Waals surface area contributed by atoms with Crippen molar-refractivity contribution in [2.45, 2.75) is 31.3 Å². The van der Waals surface area contributed by atoms with Crippen LogP contribution in [0.15, 0.2) is 60.7 Å². The molecular weight excluding hydrogens is 442 g/mol. The van der Waals surface area contributed by atoms with Gasteiger partial charge in [0.1, 0.15) is 18.5 Å². The van der Waals surface area contributed by atoms with E-state index in [1.165, 1.54) is 6.07 Å². The monoisotopic (exact) mass is 467 g/mol. The normalized spacial score (nSPS) is 15.6. The molecular formula is C25H25NO8. The molecule has 0 aliphatic carbocycles. The van der Waals surface area contributed by atoms with Crippen LogP contribution in [0.2, 0.25) is 0 Å². The zero-order chi connectivity index (χ0) is 24.3. The summed E-state index contributed by atoms with van der Waals surface area (Å²) in [5.41, 5.74) is 0.787. The lowest BCUT2D eigenvalue weighted by Gasteiger charge is -2.18. The molecule has 3 aromatic carbocycles. The van der Waals surface area contributed by atoms with Gasteiger partial charge in [-0.1, -0.05) is 42.5 Å². The average Bonchev–Trinajstić information content (AvgIpc) is 3.22. The highest BCUT2D eigenvalue weighted by atomic mass is 16.8. The second kappa shape index (κ2) is 9.58. The van der Waals surface area contributed by atoms with Crippen LogP contribution in [-0.4, -0.2) is 58.3 Å². The third kappa shape index (κ3) is 4.75. The van der Waals surface area contributed by atoms with Crippen LogP contribution in [0.1, 0.15) is 12.5 Å². The van der Waals surface area contributed by atoms with Gasteiger partial charge < -0.3 is 34.8 Å². The summed E-state index contributed by atoms with van der Waals surface area (Å²) in [5.74, 6) is -5.45. The second-order valence-corrected chi connectivity index (χ2v) is 8.17. The number of fused-ring (bicyclic) bond motifs is 2. The Hall–Kier alpha value is -3.82. The number of benzene rings is 3. The number of hydrogen-bond acceptors (Lipinski definition) is 7. The molecule has 178 valence electrons. The summed E-state index contributed by atoms with van der Waals surface area (Å²) >= 11 is 0. The molecule has 34 heavy (non-hydrogen) atoms. The molecule has 0 radical (unpaired) electrons. The fraction of sp³-hybridized carbons (Fsp3) is 0.280. The number of ether oxygens (including phenoxy) is 3. The van der Waals surface area contributed by atoms with Crippen molar-refractivity contribution >= 4 is 22.7 Å². The molecule has 0 fully saturated rings. The molecule has 0 bridgehead atoms. The summed E-state index contributed by atoms with van der Waals surface area (Å²) in [6.07, 6.45) is -0.203. The molecule has 0 amide bonds. The van der Waals surface area contributed by atoms with Crippen LogP contribution in [0.4, 0.5) is 0 Å². The van der Waals surface area contributed by atoms with Crippen LogP contribution >= 0.6 is 0 Å². The maximum Gasteiger partial charge on any atom is 0.453 e. The molecule has 4 rings (SSSR count). The van der Waals surface area contributed by atoms with Crippen molar-refractivity contribution in [3.8, 4) is 17.2 Å². The first-order chi connectivity index (χ1) is 16.3. The lowest BCUT2D eigenvalue weighted by atomic mass is 10.1. The second-order valence-electron chi connectivity index (χ2n) is 8.17. The SMILES string of the molecule is CC(Cc1ccc2c(c1)OC(C(=O)O)(C(=O)O)O2)NCC(O)COc1cccc2ccccc12. The maximum absolute atomic E-state index is 11.4. The summed E-state index contributed by atoms with van der Waals surface area (Å²) in [6.45, 7) is 2.36. The van der Waals surface area contributed by atoms with Gasteiger partial charge in [-0.05, 0) is 42.5 Å². The minimum Gasteiger partial charge on any atom is -0.490 e. The number of carboxylic acids is 2. The van der Waals surface area contributed by atoms with Crippen LogP contribution in [0.25, 0.3) is 10.8 Å². The summed E-state index contributed by atoms with van der Waals surface area (Å²) in [7, 11) is 0. The van der Waals surface area contributed by atoms with Crippen molar-refractivity contribution in [1.82, 2.24) is 5.32 Å². The van der Waals surface area contributed by atoms with Crippen LogP contribution < -0.4 is 19.5 Å². The van der Waals surface area contributed by atoms with Crippen LogP contribution in [0, 0.1) is 0 Å². The Morgan fingerprint density at radius 2 is 1.71 bits per heavy atom. The van der Waals surface area contributed by atoms with E-state index in [1.807, 2.05) is 49.4 Å². The minimum absolute atomic E-state index is 0.0451. The van der Waals surface area contributed by atoms with Crippen molar-refractivity contribution in [3.63, 3.8) is 0 Å². The highest BCUT2D eigenvalue weighted by Gasteiger charge is 2.57. The highest BCUT2D eigenvalue weighted by Crippen LogP contribution is 2.40. The highest BCUT2D eigenvalue weighted by molar-refractivity contribution is 6.01. The lowest BCUT2D eigenvalue weighted by molar-refractivity contribution is -0.194. The predicted octanol–water partition coefficient (Wildman–Crippen LogP) is 2.44. The fourth-order valence-electron chi connectivity index (χ4n) is 3.77. The van der Waals surface area contributed by atoms with Crippen LogP contribution in [0.5, 0.6) is 17.2 Å². The standard InChI is InChI=1S/C25H25NO8/c1-15(11-16-9-10-21-22(12-16)34-25(33-21,23(28)29)24(30)31)26-13-18(27)14-32-20-8-4-6-17-5-2-3-7-19(17)20/h2-10,12,15,18,26-27H,11,13-14H2,1H3,(H,28,29)(H,30,31). The van der Waals surface area contributed by atoms with Gasteiger partial charge in [-0.3, -0.25) is 0 Å². The third-order valence-electron chi connectivity index (χ3n) is 5.50. The van der Waals surface area contributed by atoms with Gasteiger partial charge >= 0.3 is 17.7 Å². The van der Waals surface area contributed by atoms with Crippen molar-refractivity contribution in [3.05, 3.63) is 66.2 Å². The van der Waals surface area contributed by atoms with Gasteiger partial charge in [0.05, 0.1) is 0 Å². The van der Waals surface area contributed by atoms with E-state index < -0.39 is 23.8 Å². The molecule has 3 aromatic rings. The van der Waals surface area contributed by atoms with E-state index in [0.717, 1.165) is 16.3 Å². The molecule has 0 saturated carbocycles. The Morgan fingerprint density at radius 1 is 1.00 bits per heavy atom. The van der Waals surface area contributed by atoms with Gasteiger partial charge in [0.2, 0.25) is 0 Å². The van der Waals surface area contributed by atoms with Crippen LogP contribution in [0.3, 0.4) is 0 Å². The van der Waals surface area contributed by atoms with E-state index in [0.29, 0.717) is 18.7 Å². The number of aliphatic carboxylic acids is 2. The van der Waals surface area contributed by atoms with Crippen molar-refractivity contribution in [2.75, 3.05) is 13.2 Å². The molecule has 4 N–H and O–H groups in total. The maximum atomic E-state index is 11.4. The average molecular weight is 467 g/mol. The van der Waals surface area contributed by atoms with Gasteiger partial charge in [0.25, 0.3) is 0 Å². The smallest absolute Gasteiger partial charge is 0.453 e. The van der Waals surface area contributed by atoms with Crippen molar-refractivity contribution in [1.29, 1.82) is 0 Å². The number of aliphatic hydroxyl groups excluding tert-OH is 1. The van der Waals surface area contributed by atoms with Gasteiger partial charge in [-0.15, -0.1) is 0 Å². The van der Waals surface area contributed by atoms with Crippen LogP contribution in [-0.2, 0) is 16.0 Å². The van der Waals surface area contributed by atoms with E-state index >= 15 is 0 Å². The van der Waals surface area contributed by atoms with E-state index in [1.54, 1.807) is 12.1 Å². The number of aliphatic hydroxyl groups is 1. The first-order valence-corrected chi connectivity index (χ1v) is 10.8. The molecule has 1 aliphatic rings. The summed E-state index contributed by atoms with van der Waals surface area (Å²) in [6, 6.07) is 18.4. The van der Waals surface area contributed by atoms with E-state index in [-0.39, 0.29) is 24.1 Å². The Labute approximate surface area is 195 Å². The number of nitrogens with one attached hydrogen (secondary N) is 1. The Bertz CT molecular complexity index is 1190. The molecule has 2 atom stereocenters. The molecule has 1 heterocycles. The number of hydrogen-bond donors (Lipinski definition) is 4. The topological polar surface area (TPSA) is 135 Å². The Morgan fingerprint density at radius 3 is 2.47 bits per heavy atom. The minimum atomic E-state index is -2.78. The van der Waals surface area contributed by atoms with Gasteiger partial charge in [-0.25, -0.2) is 9.59 Å². The Balaban J connectivity index is 1.29. The van der Waals surface area contributed by atoms with E-state index in [2.05, 4.69) is 5.32 Å². The first-order valence-electron chi connectivity index (χ1n) is 10.8.